The van der Waals surface area contributed by atoms with Gasteiger partial charge in [-0.15, -0.1) is 0 Å². The van der Waals surface area contributed by atoms with Crippen LogP contribution in [0, 0.1) is 17.2 Å². The van der Waals surface area contributed by atoms with Crippen molar-refractivity contribution in [3.63, 3.8) is 0 Å². The van der Waals surface area contributed by atoms with E-state index in [1.54, 1.807) is 18.5 Å². The quantitative estimate of drug-likeness (QED) is 0.443. The third kappa shape index (κ3) is 3.57. The van der Waals surface area contributed by atoms with Gasteiger partial charge >= 0.3 is 0 Å². The minimum atomic E-state index is 0.471. The summed E-state index contributed by atoms with van der Waals surface area (Å²) in [5, 5.41) is 11.2. The normalized spacial score (nSPS) is 14.2. The van der Waals surface area contributed by atoms with Gasteiger partial charge in [-0.25, -0.2) is 9.97 Å². The molecule has 31 heavy (non-hydrogen) atoms. The second-order valence-electron chi connectivity index (χ2n) is 7.48. The van der Waals surface area contributed by atoms with Gasteiger partial charge in [0.15, 0.2) is 5.16 Å². The third-order valence-electron chi connectivity index (χ3n) is 5.41. The Kier molecular flexibility index (Phi) is 5.14. The van der Waals surface area contributed by atoms with Gasteiger partial charge in [-0.05, 0) is 36.9 Å². The van der Waals surface area contributed by atoms with Crippen LogP contribution in [0.5, 0.6) is 0 Å². The molecule has 0 spiro atoms. The van der Waals surface area contributed by atoms with Crippen LogP contribution in [0.15, 0.2) is 34.6 Å². The smallest absolute Gasteiger partial charge is 0.196 e. The number of rotatable bonds is 5. The molecule has 0 radical (unpaired) electrons. The summed E-state index contributed by atoms with van der Waals surface area (Å²) in [7, 11) is 0. The number of hydrogen-bond acceptors (Lipinski definition) is 8. The molecule has 1 aliphatic rings. The average molecular weight is 451 g/mol. The van der Waals surface area contributed by atoms with Gasteiger partial charge in [0.2, 0.25) is 0 Å². The van der Waals surface area contributed by atoms with E-state index in [0.29, 0.717) is 33.7 Å². The van der Waals surface area contributed by atoms with E-state index in [2.05, 4.69) is 32.8 Å². The molecule has 8 nitrogen and oxygen atoms in total. The Morgan fingerprint density at radius 2 is 2.03 bits per heavy atom. The second kappa shape index (κ2) is 7.96. The number of nitriles is 1. The van der Waals surface area contributed by atoms with Crippen molar-refractivity contribution in [2.75, 3.05) is 24.5 Å². The zero-order valence-corrected chi connectivity index (χ0v) is 18.3. The van der Waals surface area contributed by atoms with E-state index in [9.17, 15) is 0 Å². The molecule has 4 aromatic heterocycles. The van der Waals surface area contributed by atoms with Gasteiger partial charge in [-0.3, -0.25) is 9.97 Å². The van der Waals surface area contributed by atoms with Crippen molar-refractivity contribution in [2.24, 2.45) is 11.7 Å². The van der Waals surface area contributed by atoms with Crippen LogP contribution in [0.4, 0.5) is 5.82 Å². The summed E-state index contributed by atoms with van der Waals surface area (Å²) < 4.78 is 0. The number of aryl methyl sites for hydroxylation is 1. The van der Waals surface area contributed by atoms with Crippen molar-refractivity contribution in [3.8, 4) is 6.07 Å². The lowest BCUT2D eigenvalue weighted by atomic mass is 10.0. The summed E-state index contributed by atoms with van der Waals surface area (Å²) in [6.45, 7) is 4.44. The molecule has 4 aromatic rings. The van der Waals surface area contributed by atoms with Crippen molar-refractivity contribution < 1.29 is 0 Å². The van der Waals surface area contributed by atoms with Gasteiger partial charge in [0.05, 0.1) is 27.0 Å². The van der Waals surface area contributed by atoms with Crippen LogP contribution in [0.1, 0.15) is 18.2 Å². The lowest BCUT2D eigenvalue weighted by molar-refractivity contribution is 0.417. The Morgan fingerprint density at radius 3 is 2.77 bits per heavy atom. The van der Waals surface area contributed by atoms with Crippen LogP contribution >= 0.6 is 23.4 Å². The van der Waals surface area contributed by atoms with Crippen LogP contribution in [-0.2, 0) is 6.42 Å². The van der Waals surface area contributed by atoms with Gasteiger partial charge in [0.25, 0.3) is 0 Å². The van der Waals surface area contributed by atoms with Crippen molar-refractivity contribution in [1.82, 2.24) is 24.9 Å². The van der Waals surface area contributed by atoms with Crippen LogP contribution < -0.4 is 10.6 Å². The number of nitrogens with zero attached hydrogens (tertiary/aromatic N) is 6. The van der Waals surface area contributed by atoms with Gasteiger partial charge in [0.1, 0.15) is 17.5 Å². The van der Waals surface area contributed by atoms with E-state index in [1.165, 1.54) is 11.8 Å². The first kappa shape index (κ1) is 20.0. The van der Waals surface area contributed by atoms with E-state index < -0.39 is 0 Å². The molecule has 0 saturated carbocycles. The molecule has 1 aliphatic heterocycles. The Labute approximate surface area is 187 Å². The zero-order chi connectivity index (χ0) is 21.5. The Morgan fingerprint density at radius 1 is 1.26 bits per heavy atom. The van der Waals surface area contributed by atoms with Crippen LogP contribution in [-0.4, -0.2) is 44.6 Å². The van der Waals surface area contributed by atoms with E-state index >= 15 is 0 Å². The highest BCUT2D eigenvalue weighted by Gasteiger charge is 2.30. The van der Waals surface area contributed by atoms with Crippen LogP contribution in [0.25, 0.3) is 22.1 Å². The fourth-order valence-electron chi connectivity index (χ4n) is 3.69. The molecule has 3 N–H and O–H groups in total. The summed E-state index contributed by atoms with van der Waals surface area (Å²) >= 11 is 8.07. The maximum absolute atomic E-state index is 9.04. The molecule has 156 valence electrons. The monoisotopic (exact) mass is 450 g/mol. The maximum atomic E-state index is 9.04. The average Bonchev–Trinajstić information content (AvgIpc) is 3.08. The highest BCUT2D eigenvalue weighted by atomic mass is 35.5. The third-order valence-corrected chi connectivity index (χ3v) is 6.65. The van der Waals surface area contributed by atoms with E-state index in [1.807, 2.05) is 6.07 Å². The van der Waals surface area contributed by atoms with Crippen LogP contribution in [0.2, 0.25) is 5.02 Å². The van der Waals surface area contributed by atoms with Crippen molar-refractivity contribution in [3.05, 3.63) is 40.8 Å². The lowest BCUT2D eigenvalue weighted by Gasteiger charge is -2.39. The predicted molar refractivity (Wildman–Crippen MR) is 121 cm³/mol. The molecule has 0 amide bonds. The summed E-state index contributed by atoms with van der Waals surface area (Å²) in [4.78, 5) is 24.8. The highest BCUT2D eigenvalue weighted by molar-refractivity contribution is 7.99. The largest absolute Gasteiger partial charge is 0.355 e. The number of pyridine rings is 2. The van der Waals surface area contributed by atoms with Crippen molar-refractivity contribution >= 4 is 51.2 Å². The van der Waals surface area contributed by atoms with Gasteiger partial charge in [-0.2, -0.15) is 5.26 Å². The number of aromatic nitrogens is 5. The number of nitrogens with one attached hydrogen (secondary N) is 1. The Hall–Kier alpha value is -2.93. The molecule has 5 heterocycles. The van der Waals surface area contributed by atoms with Crippen LogP contribution in [0.3, 0.4) is 0 Å². The van der Waals surface area contributed by atoms with Crippen molar-refractivity contribution in [2.45, 2.75) is 23.4 Å². The lowest BCUT2D eigenvalue weighted by Crippen LogP contribution is -2.50. The number of hydrogen-bond donors (Lipinski definition) is 2. The zero-order valence-electron chi connectivity index (χ0n) is 16.8. The molecule has 0 atom stereocenters. The predicted octanol–water partition coefficient (Wildman–Crippen LogP) is 3.53. The highest BCUT2D eigenvalue weighted by Crippen LogP contribution is 2.38. The molecule has 1 fully saturated rings. The number of anilines is 1. The molecule has 0 unspecified atom stereocenters. The summed E-state index contributed by atoms with van der Waals surface area (Å²) in [5.74, 6) is 1.31. The maximum Gasteiger partial charge on any atom is 0.196 e. The first-order valence-corrected chi connectivity index (χ1v) is 11.2. The SMILES string of the molecule is CCc1[nH]c2nc(Sc3cnc4cc(C#N)cnc4c3)nc(N3CC(CN)C3)c2c1Cl. The van der Waals surface area contributed by atoms with Gasteiger partial charge in [0, 0.05) is 42.0 Å². The fraction of sp³-hybridized carbons (Fsp3) is 0.286. The summed E-state index contributed by atoms with van der Waals surface area (Å²) in [5.41, 5.74) is 9.38. The van der Waals surface area contributed by atoms with Crippen molar-refractivity contribution in [1.29, 1.82) is 5.26 Å². The minimum Gasteiger partial charge on any atom is -0.355 e. The van der Waals surface area contributed by atoms with Gasteiger partial charge in [-0.1, -0.05) is 18.5 Å². The number of fused-ring (bicyclic) bond motifs is 2. The molecule has 0 bridgehead atoms. The van der Waals surface area contributed by atoms with Gasteiger partial charge < -0.3 is 15.6 Å². The molecule has 1 saturated heterocycles. The van der Waals surface area contributed by atoms with E-state index in [4.69, 9.17) is 32.6 Å². The number of H-pyrrole nitrogens is 1. The minimum absolute atomic E-state index is 0.471. The molecule has 0 aliphatic carbocycles. The molecular formula is C21H19ClN8S. The summed E-state index contributed by atoms with van der Waals surface area (Å²) in [6, 6.07) is 5.73. The standard InChI is InChI=1S/C21H19ClN8S/c1-2-14-18(22)17-19(27-14)28-21(29-20(17)30-9-12(6-24)10-30)31-13-4-16-15(26-8-13)3-11(5-23)7-25-16/h3-4,7-8,12H,2,6,9-10,24H2,1H3,(H,27,28,29). The Bertz CT molecular complexity index is 1340. The summed E-state index contributed by atoms with van der Waals surface area (Å²) in [6.07, 6.45) is 4.08. The fourth-order valence-corrected chi connectivity index (χ4v) is 4.80. The number of halogens is 1. The topological polar surface area (TPSA) is 120 Å². The van der Waals surface area contributed by atoms with E-state index in [0.717, 1.165) is 52.5 Å². The second-order valence-corrected chi connectivity index (χ2v) is 8.90. The molecule has 10 heteroatoms. The van der Waals surface area contributed by atoms with E-state index in [-0.39, 0.29) is 0 Å². The molecular weight excluding hydrogens is 432 g/mol. The molecule has 5 rings (SSSR count). The Balaban J connectivity index is 1.54. The number of nitrogens with two attached hydrogens (primary N) is 1. The number of aromatic amines is 1. The first-order valence-electron chi connectivity index (χ1n) is 9.96. The molecule has 0 aromatic carbocycles. The first-order chi connectivity index (χ1) is 15.1.